The van der Waals surface area contributed by atoms with E-state index in [0.29, 0.717) is 21.4 Å². The number of rotatable bonds is 3. The van der Waals surface area contributed by atoms with Gasteiger partial charge in [-0.2, -0.15) is 0 Å². The number of amides is 1. The number of nitrogens with one attached hydrogen (secondary N) is 2. The van der Waals surface area contributed by atoms with E-state index >= 15 is 0 Å². The molecule has 0 aliphatic carbocycles. The molecule has 0 atom stereocenters. The normalized spacial score (nSPS) is 10.2. The Bertz CT molecular complexity index is 559. The summed E-state index contributed by atoms with van der Waals surface area (Å²) in [6, 6.07) is 0. The van der Waals surface area contributed by atoms with E-state index in [1.807, 2.05) is 0 Å². The first kappa shape index (κ1) is 11.5. The summed E-state index contributed by atoms with van der Waals surface area (Å²) in [6.45, 7) is 3.21. The molecule has 0 unspecified atom stereocenters. The van der Waals surface area contributed by atoms with Crippen molar-refractivity contribution in [1.29, 1.82) is 0 Å². The third-order valence-electron chi connectivity index (χ3n) is 2.08. The molecule has 0 fully saturated rings. The van der Waals surface area contributed by atoms with Crippen LogP contribution in [0, 0.1) is 6.92 Å². The molecule has 0 aliphatic heterocycles. The van der Waals surface area contributed by atoms with E-state index < -0.39 is 0 Å². The van der Waals surface area contributed by atoms with Gasteiger partial charge in [-0.05, 0) is 6.92 Å². The SMILES string of the molecule is CC(=O)c1sc(NC(=O)c2cnc[nH]2)nc1C. The Morgan fingerprint density at radius 1 is 1.47 bits per heavy atom. The molecule has 0 radical (unpaired) electrons. The van der Waals surface area contributed by atoms with Crippen LogP contribution in [0.25, 0.3) is 0 Å². The largest absolute Gasteiger partial charge is 0.341 e. The van der Waals surface area contributed by atoms with E-state index in [1.54, 1.807) is 6.92 Å². The van der Waals surface area contributed by atoms with E-state index in [9.17, 15) is 9.59 Å². The molecule has 0 spiro atoms. The number of aryl methyl sites for hydroxylation is 1. The fourth-order valence-electron chi connectivity index (χ4n) is 1.32. The minimum absolute atomic E-state index is 0.0537. The number of ketones is 1. The standard InChI is InChI=1S/C10H10N4O2S/c1-5-8(6(2)15)17-10(13-5)14-9(16)7-3-11-4-12-7/h3-4H,1-2H3,(H,11,12)(H,13,14,16). The Kier molecular flexibility index (Phi) is 3.01. The Morgan fingerprint density at radius 3 is 2.76 bits per heavy atom. The van der Waals surface area contributed by atoms with E-state index in [4.69, 9.17) is 0 Å². The fraction of sp³-hybridized carbons (Fsp3) is 0.200. The second kappa shape index (κ2) is 4.46. The molecule has 2 rings (SSSR count). The van der Waals surface area contributed by atoms with E-state index in [-0.39, 0.29) is 11.7 Å². The molecule has 2 N–H and O–H groups in total. The number of thiazole rings is 1. The predicted molar refractivity (Wildman–Crippen MR) is 63.4 cm³/mol. The lowest BCUT2D eigenvalue weighted by Crippen LogP contribution is -2.11. The quantitative estimate of drug-likeness (QED) is 0.810. The molecular formula is C10H10N4O2S. The molecule has 88 valence electrons. The summed E-state index contributed by atoms with van der Waals surface area (Å²) in [5.41, 5.74) is 0.977. The molecule has 2 heterocycles. The number of aromatic amines is 1. The van der Waals surface area contributed by atoms with Gasteiger partial charge in [0.25, 0.3) is 5.91 Å². The predicted octanol–water partition coefficient (Wildman–Crippen LogP) is 1.63. The lowest BCUT2D eigenvalue weighted by Gasteiger charge is -1.96. The maximum absolute atomic E-state index is 11.7. The van der Waals surface area contributed by atoms with Crippen LogP contribution in [-0.2, 0) is 0 Å². The van der Waals surface area contributed by atoms with Crippen LogP contribution in [0.1, 0.15) is 32.8 Å². The lowest BCUT2D eigenvalue weighted by molar-refractivity contribution is 0.101. The summed E-state index contributed by atoms with van der Waals surface area (Å²) in [7, 11) is 0. The highest BCUT2D eigenvalue weighted by Crippen LogP contribution is 2.23. The van der Waals surface area contributed by atoms with E-state index in [0.717, 1.165) is 0 Å². The number of hydrogen-bond donors (Lipinski definition) is 2. The Balaban J connectivity index is 2.17. The number of carbonyl (C=O) groups excluding carboxylic acids is 2. The van der Waals surface area contributed by atoms with Gasteiger partial charge in [0, 0.05) is 6.92 Å². The molecule has 0 bridgehead atoms. The van der Waals surface area contributed by atoms with Crippen molar-refractivity contribution in [2.24, 2.45) is 0 Å². The zero-order valence-electron chi connectivity index (χ0n) is 9.27. The number of carbonyl (C=O) groups is 2. The number of anilines is 1. The first-order valence-corrected chi connectivity index (χ1v) is 5.67. The van der Waals surface area contributed by atoms with Crippen LogP contribution in [0.5, 0.6) is 0 Å². The zero-order chi connectivity index (χ0) is 12.4. The summed E-state index contributed by atoms with van der Waals surface area (Å²) in [6.07, 6.45) is 2.84. The Hall–Kier alpha value is -2.02. The second-order valence-electron chi connectivity index (χ2n) is 3.41. The highest BCUT2D eigenvalue weighted by Gasteiger charge is 2.14. The number of Topliss-reactive ketones (excluding diaryl/α,β-unsaturated/α-hetero) is 1. The zero-order valence-corrected chi connectivity index (χ0v) is 10.1. The Morgan fingerprint density at radius 2 is 2.24 bits per heavy atom. The average molecular weight is 250 g/mol. The molecule has 6 nitrogen and oxygen atoms in total. The molecule has 2 aromatic rings. The van der Waals surface area contributed by atoms with Crippen molar-refractivity contribution < 1.29 is 9.59 Å². The maximum Gasteiger partial charge on any atom is 0.275 e. The van der Waals surface area contributed by atoms with Crippen LogP contribution in [0.3, 0.4) is 0 Å². The molecular weight excluding hydrogens is 240 g/mol. The van der Waals surface area contributed by atoms with Gasteiger partial charge in [0.2, 0.25) is 0 Å². The fourth-order valence-corrected chi connectivity index (χ4v) is 2.18. The molecule has 2 aromatic heterocycles. The van der Waals surface area contributed by atoms with Gasteiger partial charge >= 0.3 is 0 Å². The van der Waals surface area contributed by atoms with E-state index in [1.165, 1.54) is 30.8 Å². The average Bonchev–Trinajstić information content (AvgIpc) is 2.86. The van der Waals surface area contributed by atoms with Gasteiger partial charge in [-0.3, -0.25) is 14.9 Å². The van der Waals surface area contributed by atoms with Crippen LogP contribution in [0.4, 0.5) is 5.13 Å². The summed E-state index contributed by atoms with van der Waals surface area (Å²) in [4.78, 5) is 34.0. The van der Waals surface area contributed by atoms with Gasteiger partial charge in [-0.25, -0.2) is 9.97 Å². The summed E-state index contributed by atoms with van der Waals surface area (Å²) in [5, 5.41) is 3.01. The Labute approximate surface area is 101 Å². The van der Waals surface area contributed by atoms with Gasteiger partial charge in [-0.15, -0.1) is 0 Å². The van der Waals surface area contributed by atoms with Crippen molar-refractivity contribution in [1.82, 2.24) is 15.0 Å². The molecule has 0 aliphatic rings. The minimum atomic E-state index is -0.327. The van der Waals surface area contributed by atoms with Crippen LogP contribution >= 0.6 is 11.3 Å². The number of imidazole rings is 1. The third-order valence-corrected chi connectivity index (χ3v) is 3.25. The van der Waals surface area contributed by atoms with Crippen LogP contribution in [0.2, 0.25) is 0 Å². The first-order valence-electron chi connectivity index (χ1n) is 4.86. The monoisotopic (exact) mass is 250 g/mol. The number of hydrogen-bond acceptors (Lipinski definition) is 5. The number of aromatic nitrogens is 3. The van der Waals surface area contributed by atoms with Crippen molar-refractivity contribution in [3.8, 4) is 0 Å². The van der Waals surface area contributed by atoms with Crippen molar-refractivity contribution in [3.63, 3.8) is 0 Å². The first-order chi connectivity index (χ1) is 8.08. The van der Waals surface area contributed by atoms with Crippen LogP contribution < -0.4 is 5.32 Å². The molecule has 0 saturated carbocycles. The van der Waals surface area contributed by atoms with Crippen molar-refractivity contribution in [2.75, 3.05) is 5.32 Å². The van der Waals surface area contributed by atoms with Gasteiger partial charge in [-0.1, -0.05) is 11.3 Å². The molecule has 17 heavy (non-hydrogen) atoms. The van der Waals surface area contributed by atoms with Crippen molar-refractivity contribution >= 4 is 28.2 Å². The highest BCUT2D eigenvalue weighted by atomic mass is 32.1. The molecule has 7 heteroatoms. The molecule has 1 amide bonds. The maximum atomic E-state index is 11.7. The van der Waals surface area contributed by atoms with Gasteiger partial charge in [0.05, 0.1) is 23.1 Å². The summed E-state index contributed by atoms with van der Waals surface area (Å²) >= 11 is 1.17. The smallest absolute Gasteiger partial charge is 0.275 e. The van der Waals surface area contributed by atoms with Crippen molar-refractivity contribution in [3.05, 3.63) is 28.8 Å². The van der Waals surface area contributed by atoms with Gasteiger partial charge < -0.3 is 4.98 Å². The van der Waals surface area contributed by atoms with Crippen molar-refractivity contribution in [2.45, 2.75) is 13.8 Å². The molecule has 0 saturated heterocycles. The van der Waals surface area contributed by atoms with Gasteiger partial charge in [0.15, 0.2) is 10.9 Å². The topological polar surface area (TPSA) is 87.7 Å². The summed E-state index contributed by atoms with van der Waals surface area (Å²) < 4.78 is 0. The lowest BCUT2D eigenvalue weighted by atomic mass is 10.3. The van der Waals surface area contributed by atoms with Crippen LogP contribution in [0.15, 0.2) is 12.5 Å². The molecule has 0 aromatic carbocycles. The van der Waals surface area contributed by atoms with Crippen LogP contribution in [-0.4, -0.2) is 26.6 Å². The third kappa shape index (κ3) is 2.39. The second-order valence-corrected chi connectivity index (χ2v) is 4.41. The highest BCUT2D eigenvalue weighted by molar-refractivity contribution is 7.17. The van der Waals surface area contributed by atoms with Gasteiger partial charge in [0.1, 0.15) is 5.69 Å². The minimum Gasteiger partial charge on any atom is -0.341 e. The van der Waals surface area contributed by atoms with E-state index in [2.05, 4.69) is 20.3 Å². The number of nitrogens with zero attached hydrogens (tertiary/aromatic N) is 2. The number of H-pyrrole nitrogens is 1. The summed E-state index contributed by atoms with van der Waals surface area (Å²) in [5.74, 6) is -0.381.